The monoisotopic (exact) mass is 373 g/mol. The highest BCUT2D eigenvalue weighted by Gasteiger charge is 2.29. The topological polar surface area (TPSA) is 69.7 Å². The van der Waals surface area contributed by atoms with Crippen LogP contribution in [-0.4, -0.2) is 51.9 Å². The molecule has 0 aromatic heterocycles. The number of hydrogen-bond donors (Lipinski definition) is 1. The van der Waals surface area contributed by atoms with E-state index in [2.05, 4.69) is 5.32 Å². The van der Waals surface area contributed by atoms with Crippen LogP contribution >= 0.6 is 12.4 Å². The van der Waals surface area contributed by atoms with E-state index in [1.54, 1.807) is 17.0 Å². The number of halogens is 1. The Bertz CT molecular complexity index is 715. The van der Waals surface area contributed by atoms with Crippen molar-refractivity contribution in [3.8, 4) is 0 Å². The van der Waals surface area contributed by atoms with Crippen LogP contribution in [0.5, 0.6) is 0 Å². The Labute approximate surface area is 149 Å². The Balaban J connectivity index is 0.00000208. The largest absolute Gasteiger partial charge is 0.313 e. The number of sulfonamides is 1. The quantitative estimate of drug-likeness (QED) is 0.865. The molecule has 2 aliphatic rings. The van der Waals surface area contributed by atoms with Crippen molar-refractivity contribution >= 4 is 34.0 Å². The van der Waals surface area contributed by atoms with Crippen LogP contribution in [0.1, 0.15) is 24.8 Å². The summed E-state index contributed by atoms with van der Waals surface area (Å²) >= 11 is 0. The molecule has 1 aromatic carbocycles. The second-order valence-electron chi connectivity index (χ2n) is 6.37. The van der Waals surface area contributed by atoms with Crippen LogP contribution in [-0.2, 0) is 21.2 Å². The van der Waals surface area contributed by atoms with E-state index in [-0.39, 0.29) is 29.3 Å². The van der Waals surface area contributed by atoms with E-state index in [1.807, 2.05) is 6.07 Å². The Morgan fingerprint density at radius 1 is 1.38 bits per heavy atom. The van der Waals surface area contributed by atoms with Gasteiger partial charge in [0, 0.05) is 38.8 Å². The van der Waals surface area contributed by atoms with Crippen molar-refractivity contribution < 1.29 is 13.2 Å². The predicted octanol–water partition coefficient (Wildman–Crippen LogP) is 1.39. The maximum atomic E-state index is 12.6. The van der Waals surface area contributed by atoms with Gasteiger partial charge in [0.1, 0.15) is 0 Å². The van der Waals surface area contributed by atoms with E-state index in [0.717, 1.165) is 37.1 Å². The minimum absolute atomic E-state index is 0. The molecule has 2 heterocycles. The van der Waals surface area contributed by atoms with Crippen LogP contribution in [0.2, 0.25) is 0 Å². The number of rotatable bonds is 4. The molecule has 0 spiro atoms. The number of nitrogens with zero attached hydrogens (tertiary/aromatic N) is 2. The zero-order valence-corrected chi connectivity index (χ0v) is 15.6. The van der Waals surface area contributed by atoms with Gasteiger partial charge in [-0.25, -0.2) is 12.7 Å². The second-order valence-corrected chi connectivity index (χ2v) is 8.52. The summed E-state index contributed by atoms with van der Waals surface area (Å²) in [6, 6.07) is 5.34. The summed E-state index contributed by atoms with van der Waals surface area (Å²) in [7, 11) is -0.465. The van der Waals surface area contributed by atoms with Crippen molar-refractivity contribution in [1.29, 1.82) is 0 Å². The first-order valence-corrected chi connectivity index (χ1v) is 9.43. The maximum Gasteiger partial charge on any atom is 0.242 e. The van der Waals surface area contributed by atoms with Crippen molar-refractivity contribution in [2.45, 2.75) is 36.6 Å². The van der Waals surface area contributed by atoms with E-state index in [9.17, 15) is 13.2 Å². The Kier molecular flexibility index (Phi) is 5.91. The van der Waals surface area contributed by atoms with E-state index >= 15 is 0 Å². The number of amides is 1. The first-order valence-electron chi connectivity index (χ1n) is 7.99. The highest BCUT2D eigenvalue weighted by atomic mass is 35.5. The molecule has 1 saturated heterocycles. The van der Waals surface area contributed by atoms with Gasteiger partial charge in [-0.15, -0.1) is 12.4 Å². The molecule has 0 saturated carbocycles. The van der Waals surface area contributed by atoms with E-state index in [0.29, 0.717) is 13.0 Å². The third kappa shape index (κ3) is 3.59. The number of fused-ring (bicyclic) bond motifs is 1. The van der Waals surface area contributed by atoms with Gasteiger partial charge in [-0.1, -0.05) is 6.07 Å². The van der Waals surface area contributed by atoms with Crippen LogP contribution < -0.4 is 10.2 Å². The summed E-state index contributed by atoms with van der Waals surface area (Å²) in [4.78, 5) is 14.6. The van der Waals surface area contributed by atoms with Crippen molar-refractivity contribution in [2.24, 2.45) is 0 Å². The van der Waals surface area contributed by atoms with Gasteiger partial charge in [0.25, 0.3) is 0 Å². The molecule has 3 rings (SSSR count). The molecule has 2 aliphatic heterocycles. The molecular formula is C16H24ClN3O3S. The summed E-state index contributed by atoms with van der Waals surface area (Å²) in [5, 5.41) is 3.34. The van der Waals surface area contributed by atoms with Gasteiger partial charge in [-0.2, -0.15) is 0 Å². The lowest BCUT2D eigenvalue weighted by Crippen LogP contribution is -2.35. The third-order valence-corrected chi connectivity index (χ3v) is 6.43. The fourth-order valence-corrected chi connectivity index (χ4v) is 4.16. The second kappa shape index (κ2) is 7.39. The number of benzene rings is 1. The molecule has 1 N–H and O–H groups in total. The molecule has 134 valence electrons. The van der Waals surface area contributed by atoms with Crippen molar-refractivity contribution in [3.63, 3.8) is 0 Å². The fourth-order valence-electron chi connectivity index (χ4n) is 3.24. The molecule has 1 amide bonds. The number of carbonyl (C=O) groups excluding carboxylic acids is 1. The maximum absolute atomic E-state index is 12.6. The lowest BCUT2D eigenvalue weighted by molar-refractivity contribution is -0.118. The average molecular weight is 374 g/mol. The van der Waals surface area contributed by atoms with Crippen molar-refractivity contribution in [3.05, 3.63) is 23.8 Å². The fraction of sp³-hybridized carbons (Fsp3) is 0.562. The smallest absolute Gasteiger partial charge is 0.242 e. The Morgan fingerprint density at radius 3 is 2.75 bits per heavy atom. The SMILES string of the molecule is CN(C)S(=O)(=O)c1ccc2c(c1)N(C(=O)CC1CCCN1)CC2.Cl. The first kappa shape index (κ1) is 19.2. The van der Waals surface area contributed by atoms with Crippen LogP contribution in [0, 0.1) is 0 Å². The summed E-state index contributed by atoms with van der Waals surface area (Å²) < 4.78 is 25.8. The summed E-state index contributed by atoms with van der Waals surface area (Å²) in [6.45, 7) is 1.60. The molecule has 1 atom stereocenters. The van der Waals surface area contributed by atoms with Gasteiger partial charge < -0.3 is 10.2 Å². The number of carbonyl (C=O) groups is 1. The molecule has 1 fully saturated rings. The standard InChI is InChI=1S/C16H23N3O3S.ClH/c1-18(2)23(21,22)14-6-5-12-7-9-19(15(12)11-14)16(20)10-13-4-3-8-17-13;/h5-6,11,13,17H,3-4,7-10H2,1-2H3;1H. The Morgan fingerprint density at radius 2 is 2.12 bits per heavy atom. The molecule has 6 nitrogen and oxygen atoms in total. The normalized spacial score (nSPS) is 20.1. The molecule has 0 radical (unpaired) electrons. The molecule has 0 aliphatic carbocycles. The number of nitrogens with one attached hydrogen (secondary N) is 1. The van der Waals surface area contributed by atoms with E-state index in [4.69, 9.17) is 0 Å². The van der Waals surface area contributed by atoms with Gasteiger partial charge in [-0.3, -0.25) is 4.79 Å². The van der Waals surface area contributed by atoms with Gasteiger partial charge in [0.15, 0.2) is 0 Å². The molecule has 1 unspecified atom stereocenters. The summed E-state index contributed by atoms with van der Waals surface area (Å²) in [6.07, 6.45) is 3.40. The molecular weight excluding hydrogens is 350 g/mol. The first-order chi connectivity index (χ1) is 10.9. The zero-order chi connectivity index (χ0) is 16.6. The third-order valence-electron chi connectivity index (χ3n) is 4.62. The minimum Gasteiger partial charge on any atom is -0.313 e. The number of hydrogen-bond acceptors (Lipinski definition) is 4. The highest BCUT2D eigenvalue weighted by Crippen LogP contribution is 2.32. The van der Waals surface area contributed by atoms with Crippen LogP contribution in [0.3, 0.4) is 0 Å². The summed E-state index contributed by atoms with van der Waals surface area (Å²) in [5.41, 5.74) is 1.78. The lowest BCUT2D eigenvalue weighted by Gasteiger charge is -2.20. The highest BCUT2D eigenvalue weighted by molar-refractivity contribution is 7.89. The predicted molar refractivity (Wildman–Crippen MR) is 96.3 cm³/mol. The van der Waals surface area contributed by atoms with Crippen molar-refractivity contribution in [2.75, 3.05) is 32.1 Å². The van der Waals surface area contributed by atoms with E-state index < -0.39 is 10.0 Å². The van der Waals surface area contributed by atoms with Crippen molar-refractivity contribution in [1.82, 2.24) is 9.62 Å². The van der Waals surface area contributed by atoms with Gasteiger partial charge in [0.05, 0.1) is 4.90 Å². The minimum atomic E-state index is -3.49. The van der Waals surface area contributed by atoms with E-state index in [1.165, 1.54) is 18.4 Å². The molecule has 1 aromatic rings. The van der Waals surface area contributed by atoms with Crippen LogP contribution in [0.4, 0.5) is 5.69 Å². The van der Waals surface area contributed by atoms with Crippen LogP contribution in [0.15, 0.2) is 23.1 Å². The average Bonchev–Trinajstić information content (AvgIpc) is 3.15. The Hall–Kier alpha value is -1.15. The van der Waals surface area contributed by atoms with Gasteiger partial charge >= 0.3 is 0 Å². The van der Waals surface area contributed by atoms with Crippen LogP contribution in [0.25, 0.3) is 0 Å². The number of anilines is 1. The molecule has 24 heavy (non-hydrogen) atoms. The molecule has 0 bridgehead atoms. The van der Waals surface area contributed by atoms with Gasteiger partial charge in [-0.05, 0) is 43.5 Å². The molecule has 8 heteroatoms. The van der Waals surface area contributed by atoms with Gasteiger partial charge in [0.2, 0.25) is 15.9 Å². The summed E-state index contributed by atoms with van der Waals surface area (Å²) in [5.74, 6) is 0.0718. The zero-order valence-electron chi connectivity index (χ0n) is 14.0. The lowest BCUT2D eigenvalue weighted by atomic mass is 10.1.